The van der Waals surface area contributed by atoms with Gasteiger partial charge in [-0.3, -0.25) is 4.90 Å². The smallest absolute Gasteiger partial charge is 0.0304 e. The maximum Gasteiger partial charge on any atom is 0.0304 e. The fourth-order valence-corrected chi connectivity index (χ4v) is 4.69. The second kappa shape index (κ2) is 7.00. The Hall–Kier alpha value is -0.0800. The van der Waals surface area contributed by atoms with Crippen molar-refractivity contribution >= 4 is 0 Å². The zero-order valence-electron chi connectivity index (χ0n) is 15.3. The molecule has 4 atom stereocenters. The Morgan fingerprint density at radius 1 is 1.14 bits per heavy atom. The van der Waals surface area contributed by atoms with E-state index in [0.717, 1.165) is 23.8 Å². The molecule has 0 spiro atoms. The van der Waals surface area contributed by atoms with Gasteiger partial charge in [-0.15, -0.1) is 0 Å². The molecule has 1 saturated heterocycles. The topological polar surface area (TPSA) is 15.3 Å². The van der Waals surface area contributed by atoms with Crippen LogP contribution in [0.2, 0.25) is 0 Å². The van der Waals surface area contributed by atoms with Gasteiger partial charge < -0.3 is 5.32 Å². The average molecular weight is 295 g/mol. The number of nitrogens with zero attached hydrogens (tertiary/aromatic N) is 1. The molecular formula is C19H38N2. The van der Waals surface area contributed by atoms with Gasteiger partial charge in [0.15, 0.2) is 0 Å². The second-order valence-electron chi connectivity index (χ2n) is 8.19. The fourth-order valence-electron chi connectivity index (χ4n) is 4.69. The van der Waals surface area contributed by atoms with E-state index in [1.54, 1.807) is 0 Å². The van der Waals surface area contributed by atoms with Crippen molar-refractivity contribution in [3.63, 3.8) is 0 Å². The van der Waals surface area contributed by atoms with Crippen molar-refractivity contribution in [2.24, 2.45) is 17.8 Å². The fraction of sp³-hybridized carbons (Fsp3) is 1.00. The number of hydrogen-bond donors (Lipinski definition) is 1. The molecule has 4 unspecified atom stereocenters. The first-order chi connectivity index (χ1) is 9.94. The van der Waals surface area contributed by atoms with Crippen LogP contribution in [0.15, 0.2) is 0 Å². The molecule has 2 fully saturated rings. The summed E-state index contributed by atoms with van der Waals surface area (Å²) < 4.78 is 0. The summed E-state index contributed by atoms with van der Waals surface area (Å²) in [5.41, 5.74) is 0.353. The van der Waals surface area contributed by atoms with E-state index in [-0.39, 0.29) is 0 Å². The maximum atomic E-state index is 3.92. The van der Waals surface area contributed by atoms with Gasteiger partial charge in [-0.2, -0.15) is 0 Å². The predicted octanol–water partition coefficient (Wildman–Crippen LogP) is 4.30. The third-order valence-corrected chi connectivity index (χ3v) is 6.81. The second-order valence-corrected chi connectivity index (χ2v) is 8.19. The minimum Gasteiger partial charge on any atom is -0.308 e. The Labute approximate surface area is 133 Å². The van der Waals surface area contributed by atoms with Crippen LogP contribution in [-0.4, -0.2) is 35.6 Å². The standard InChI is InChI=1S/C19H38N2/c1-7-19(8-2)13-21(18(12-20-19)14(3)4)17-11-9-10-15(5)16(17)6/h14-18,20H,7-13H2,1-6H3. The molecule has 2 rings (SSSR count). The van der Waals surface area contributed by atoms with E-state index in [1.165, 1.54) is 45.2 Å². The molecule has 1 saturated carbocycles. The number of piperazine rings is 1. The molecule has 1 aliphatic heterocycles. The molecule has 1 N–H and O–H groups in total. The summed E-state index contributed by atoms with van der Waals surface area (Å²) in [6, 6.07) is 1.52. The molecule has 0 aromatic rings. The van der Waals surface area contributed by atoms with Crippen LogP contribution in [0, 0.1) is 17.8 Å². The zero-order chi connectivity index (χ0) is 15.6. The van der Waals surface area contributed by atoms with Gasteiger partial charge in [-0.25, -0.2) is 0 Å². The predicted molar refractivity (Wildman–Crippen MR) is 92.6 cm³/mol. The van der Waals surface area contributed by atoms with Crippen molar-refractivity contribution in [2.75, 3.05) is 13.1 Å². The van der Waals surface area contributed by atoms with E-state index in [9.17, 15) is 0 Å². The lowest BCUT2D eigenvalue weighted by Gasteiger charge is -2.54. The highest BCUT2D eigenvalue weighted by Crippen LogP contribution is 2.37. The summed E-state index contributed by atoms with van der Waals surface area (Å²) in [4.78, 5) is 2.93. The summed E-state index contributed by atoms with van der Waals surface area (Å²) in [6.45, 7) is 16.9. The molecule has 2 aliphatic rings. The van der Waals surface area contributed by atoms with Gasteiger partial charge in [0.05, 0.1) is 0 Å². The van der Waals surface area contributed by atoms with Crippen LogP contribution < -0.4 is 5.32 Å². The highest BCUT2D eigenvalue weighted by molar-refractivity contribution is 5.01. The van der Waals surface area contributed by atoms with Crippen LogP contribution in [0.5, 0.6) is 0 Å². The summed E-state index contributed by atoms with van der Waals surface area (Å²) in [6.07, 6.45) is 6.78. The molecule has 0 amide bonds. The van der Waals surface area contributed by atoms with Crippen LogP contribution in [-0.2, 0) is 0 Å². The third kappa shape index (κ3) is 3.47. The monoisotopic (exact) mass is 294 g/mol. The first kappa shape index (κ1) is 17.3. The van der Waals surface area contributed by atoms with Gasteiger partial charge in [-0.1, -0.05) is 54.4 Å². The molecular weight excluding hydrogens is 256 g/mol. The Kier molecular flexibility index (Phi) is 5.76. The quantitative estimate of drug-likeness (QED) is 0.831. The lowest BCUT2D eigenvalue weighted by molar-refractivity contribution is -0.0239. The largest absolute Gasteiger partial charge is 0.308 e. The lowest BCUT2D eigenvalue weighted by Crippen LogP contribution is -2.68. The van der Waals surface area contributed by atoms with Gasteiger partial charge >= 0.3 is 0 Å². The van der Waals surface area contributed by atoms with Crippen molar-refractivity contribution in [3.8, 4) is 0 Å². The molecule has 0 radical (unpaired) electrons. The average Bonchev–Trinajstić information content (AvgIpc) is 2.49. The van der Waals surface area contributed by atoms with Crippen LogP contribution in [0.4, 0.5) is 0 Å². The van der Waals surface area contributed by atoms with E-state index < -0.39 is 0 Å². The molecule has 0 bridgehead atoms. The normalized spacial score (nSPS) is 37.9. The molecule has 2 nitrogen and oxygen atoms in total. The summed E-state index contributed by atoms with van der Waals surface area (Å²) >= 11 is 0. The SMILES string of the molecule is CCC1(CC)CN(C2CCCC(C)C2C)C(C(C)C)CN1. The van der Waals surface area contributed by atoms with E-state index in [4.69, 9.17) is 0 Å². The van der Waals surface area contributed by atoms with Gasteiger partial charge in [0.2, 0.25) is 0 Å². The molecule has 0 aromatic heterocycles. The highest BCUT2D eigenvalue weighted by Gasteiger charge is 2.43. The Balaban J connectivity index is 2.21. The van der Waals surface area contributed by atoms with Crippen molar-refractivity contribution in [1.29, 1.82) is 0 Å². The molecule has 1 heterocycles. The molecule has 21 heavy (non-hydrogen) atoms. The third-order valence-electron chi connectivity index (χ3n) is 6.81. The van der Waals surface area contributed by atoms with Crippen LogP contribution in [0.3, 0.4) is 0 Å². The van der Waals surface area contributed by atoms with Gasteiger partial charge in [-0.05, 0) is 37.0 Å². The Bertz CT molecular complexity index is 322. The van der Waals surface area contributed by atoms with Gasteiger partial charge in [0, 0.05) is 30.7 Å². The van der Waals surface area contributed by atoms with Crippen molar-refractivity contribution in [2.45, 2.75) is 91.3 Å². The molecule has 124 valence electrons. The van der Waals surface area contributed by atoms with E-state index in [1.807, 2.05) is 0 Å². The molecule has 1 aliphatic carbocycles. The van der Waals surface area contributed by atoms with Crippen molar-refractivity contribution < 1.29 is 0 Å². The van der Waals surface area contributed by atoms with Gasteiger partial charge in [0.1, 0.15) is 0 Å². The lowest BCUT2D eigenvalue weighted by atomic mass is 9.75. The highest BCUT2D eigenvalue weighted by atomic mass is 15.3. The van der Waals surface area contributed by atoms with Gasteiger partial charge in [0.25, 0.3) is 0 Å². The number of hydrogen-bond acceptors (Lipinski definition) is 2. The Morgan fingerprint density at radius 2 is 1.81 bits per heavy atom. The van der Waals surface area contributed by atoms with Crippen LogP contribution in [0.25, 0.3) is 0 Å². The molecule has 2 heteroatoms. The first-order valence-electron chi connectivity index (χ1n) is 9.45. The summed E-state index contributed by atoms with van der Waals surface area (Å²) in [5.74, 6) is 2.49. The summed E-state index contributed by atoms with van der Waals surface area (Å²) in [5, 5.41) is 3.92. The zero-order valence-corrected chi connectivity index (χ0v) is 15.3. The van der Waals surface area contributed by atoms with E-state index >= 15 is 0 Å². The minimum atomic E-state index is 0.353. The minimum absolute atomic E-state index is 0.353. The number of nitrogens with one attached hydrogen (secondary N) is 1. The maximum absolute atomic E-state index is 3.92. The van der Waals surface area contributed by atoms with E-state index in [0.29, 0.717) is 11.6 Å². The van der Waals surface area contributed by atoms with Crippen LogP contribution in [0.1, 0.15) is 73.6 Å². The van der Waals surface area contributed by atoms with Crippen molar-refractivity contribution in [3.05, 3.63) is 0 Å². The summed E-state index contributed by atoms with van der Waals surface area (Å²) in [7, 11) is 0. The van der Waals surface area contributed by atoms with Crippen molar-refractivity contribution in [1.82, 2.24) is 10.2 Å². The Morgan fingerprint density at radius 3 is 2.38 bits per heavy atom. The number of rotatable bonds is 4. The van der Waals surface area contributed by atoms with E-state index in [2.05, 4.69) is 51.8 Å². The first-order valence-corrected chi connectivity index (χ1v) is 9.45. The van der Waals surface area contributed by atoms with Crippen LogP contribution >= 0.6 is 0 Å². The molecule has 0 aromatic carbocycles.